The summed E-state index contributed by atoms with van der Waals surface area (Å²) in [5, 5.41) is 2.74. The Morgan fingerprint density at radius 3 is 2.70 bits per heavy atom. The number of hydrogen-bond acceptors (Lipinski definition) is 6. The zero-order chi connectivity index (χ0) is 26.6. The van der Waals surface area contributed by atoms with Gasteiger partial charge in [0.05, 0.1) is 11.6 Å². The Hall–Kier alpha value is -4.25. The summed E-state index contributed by atoms with van der Waals surface area (Å²) in [5.41, 5.74) is 0.877. The minimum absolute atomic E-state index is 0.0297. The number of alkyl halides is 3. The van der Waals surface area contributed by atoms with Crippen LogP contribution in [-0.4, -0.2) is 32.1 Å². The van der Waals surface area contributed by atoms with Crippen molar-refractivity contribution in [3.05, 3.63) is 89.4 Å². The van der Waals surface area contributed by atoms with Crippen molar-refractivity contribution in [1.82, 2.24) is 19.5 Å². The number of nitrogens with zero attached hydrogens (tertiary/aromatic N) is 4. The molecule has 12 heteroatoms. The van der Waals surface area contributed by atoms with Crippen LogP contribution in [0.15, 0.2) is 67.3 Å². The standard InChI is InChI=1S/C25H18ClF4N5O2/c1-2-37-22(36)9-6-15-4-3-5-16(10-15)18-12-31-24(33-17-7-8-20(27)19(26)11-17)34-23(18)35-13-21(32-14-35)25(28,29)30/h3-14H,2H2,1H3,(H,31,33,34). The van der Waals surface area contributed by atoms with Gasteiger partial charge in [-0.2, -0.15) is 18.2 Å². The molecule has 0 saturated carbocycles. The molecule has 0 aliphatic heterocycles. The van der Waals surface area contributed by atoms with Crippen LogP contribution in [0, 0.1) is 5.82 Å². The number of aromatic nitrogens is 4. The van der Waals surface area contributed by atoms with Crippen molar-refractivity contribution < 1.29 is 27.1 Å². The van der Waals surface area contributed by atoms with Crippen molar-refractivity contribution in [2.24, 2.45) is 0 Å². The zero-order valence-electron chi connectivity index (χ0n) is 19.1. The van der Waals surface area contributed by atoms with Gasteiger partial charge in [-0.1, -0.05) is 29.8 Å². The second-order valence-electron chi connectivity index (χ2n) is 7.56. The van der Waals surface area contributed by atoms with Crippen LogP contribution >= 0.6 is 11.6 Å². The van der Waals surface area contributed by atoms with Crippen LogP contribution in [0.4, 0.5) is 29.2 Å². The Morgan fingerprint density at radius 1 is 1.19 bits per heavy atom. The number of carbonyl (C=O) groups is 1. The normalized spacial score (nSPS) is 11.6. The smallest absolute Gasteiger partial charge is 0.434 e. The quantitative estimate of drug-likeness (QED) is 0.167. The number of esters is 1. The fourth-order valence-electron chi connectivity index (χ4n) is 3.29. The highest BCUT2D eigenvalue weighted by atomic mass is 35.5. The van der Waals surface area contributed by atoms with Gasteiger partial charge in [0.15, 0.2) is 11.5 Å². The Labute approximate surface area is 213 Å². The highest BCUT2D eigenvalue weighted by Crippen LogP contribution is 2.31. The highest BCUT2D eigenvalue weighted by molar-refractivity contribution is 6.31. The predicted molar refractivity (Wildman–Crippen MR) is 130 cm³/mol. The van der Waals surface area contributed by atoms with Gasteiger partial charge in [0, 0.05) is 29.7 Å². The lowest BCUT2D eigenvalue weighted by Crippen LogP contribution is -2.06. The third-order valence-corrected chi connectivity index (χ3v) is 5.25. The summed E-state index contributed by atoms with van der Waals surface area (Å²) in [7, 11) is 0. The van der Waals surface area contributed by atoms with Crippen molar-refractivity contribution in [1.29, 1.82) is 0 Å². The van der Waals surface area contributed by atoms with Gasteiger partial charge >= 0.3 is 12.1 Å². The van der Waals surface area contributed by atoms with Gasteiger partial charge < -0.3 is 10.1 Å². The van der Waals surface area contributed by atoms with Crippen LogP contribution in [0.5, 0.6) is 0 Å². The molecule has 2 heterocycles. The van der Waals surface area contributed by atoms with E-state index in [2.05, 4.69) is 20.3 Å². The molecule has 0 fully saturated rings. The van der Waals surface area contributed by atoms with Crippen LogP contribution in [0.25, 0.3) is 23.0 Å². The minimum Gasteiger partial charge on any atom is -0.463 e. The Kier molecular flexibility index (Phi) is 7.53. The first kappa shape index (κ1) is 25.8. The fraction of sp³-hybridized carbons (Fsp3) is 0.120. The minimum atomic E-state index is -4.65. The van der Waals surface area contributed by atoms with Crippen molar-refractivity contribution in [2.45, 2.75) is 13.1 Å². The molecule has 7 nitrogen and oxygen atoms in total. The van der Waals surface area contributed by atoms with E-state index in [4.69, 9.17) is 16.3 Å². The lowest BCUT2D eigenvalue weighted by Gasteiger charge is -2.13. The molecule has 0 aliphatic rings. The van der Waals surface area contributed by atoms with Crippen LogP contribution in [0.3, 0.4) is 0 Å². The summed E-state index contributed by atoms with van der Waals surface area (Å²) in [6, 6.07) is 10.8. The fourth-order valence-corrected chi connectivity index (χ4v) is 3.47. The van der Waals surface area contributed by atoms with Crippen molar-refractivity contribution in [3.8, 4) is 16.9 Å². The average molecular weight is 532 g/mol. The molecule has 2 aromatic heterocycles. The SMILES string of the molecule is CCOC(=O)C=Cc1cccc(-c2cnc(Nc3ccc(F)c(Cl)c3)nc2-n2cnc(C(F)(F)F)c2)c1. The second-order valence-corrected chi connectivity index (χ2v) is 7.97. The number of carbonyl (C=O) groups excluding carboxylic acids is 1. The monoisotopic (exact) mass is 531 g/mol. The first-order chi connectivity index (χ1) is 17.6. The first-order valence-electron chi connectivity index (χ1n) is 10.8. The molecule has 0 radical (unpaired) electrons. The van der Waals surface area contributed by atoms with Crippen LogP contribution in [0.2, 0.25) is 5.02 Å². The molecule has 0 amide bonds. The molecule has 0 atom stereocenters. The van der Waals surface area contributed by atoms with Crippen LogP contribution in [0.1, 0.15) is 18.2 Å². The molecule has 0 saturated heterocycles. The third-order valence-electron chi connectivity index (χ3n) is 4.96. The summed E-state index contributed by atoms with van der Waals surface area (Å²) >= 11 is 5.83. The number of rotatable bonds is 7. The van der Waals surface area contributed by atoms with Gasteiger partial charge in [0.1, 0.15) is 12.1 Å². The Balaban J connectivity index is 1.76. The topological polar surface area (TPSA) is 81.9 Å². The van der Waals surface area contributed by atoms with E-state index >= 15 is 0 Å². The number of ether oxygens (including phenoxy) is 1. The maximum atomic E-state index is 13.5. The highest BCUT2D eigenvalue weighted by Gasteiger charge is 2.34. The largest absolute Gasteiger partial charge is 0.463 e. The Morgan fingerprint density at radius 2 is 2.00 bits per heavy atom. The van der Waals surface area contributed by atoms with Gasteiger partial charge in [0.2, 0.25) is 5.95 Å². The van der Waals surface area contributed by atoms with Crippen LogP contribution < -0.4 is 5.32 Å². The lowest BCUT2D eigenvalue weighted by atomic mass is 10.0. The van der Waals surface area contributed by atoms with Crippen LogP contribution in [-0.2, 0) is 15.7 Å². The number of nitrogens with one attached hydrogen (secondary N) is 1. The van der Waals surface area contributed by atoms with E-state index < -0.39 is 23.7 Å². The second kappa shape index (κ2) is 10.8. The summed E-state index contributed by atoms with van der Waals surface area (Å²) in [5.74, 6) is -0.993. The molecule has 0 aliphatic carbocycles. The van der Waals surface area contributed by atoms with Gasteiger partial charge in [-0.25, -0.2) is 19.2 Å². The van der Waals surface area contributed by atoms with E-state index in [1.54, 1.807) is 37.3 Å². The number of imidazole rings is 1. The molecule has 0 spiro atoms. The molecule has 4 aromatic rings. The molecule has 0 bridgehead atoms. The molecular weight excluding hydrogens is 514 g/mol. The van der Waals surface area contributed by atoms with E-state index in [0.717, 1.165) is 23.2 Å². The summed E-state index contributed by atoms with van der Waals surface area (Å²) in [4.78, 5) is 23.8. The summed E-state index contributed by atoms with van der Waals surface area (Å²) in [6.07, 6.45) is 1.41. The van der Waals surface area contributed by atoms with Gasteiger partial charge in [-0.05, 0) is 48.4 Å². The predicted octanol–water partition coefficient (Wildman–Crippen LogP) is 6.46. The van der Waals surface area contributed by atoms with E-state index in [9.17, 15) is 22.4 Å². The molecule has 190 valence electrons. The molecule has 0 unspecified atom stereocenters. The molecule has 37 heavy (non-hydrogen) atoms. The van der Waals surface area contributed by atoms with Crippen molar-refractivity contribution in [2.75, 3.05) is 11.9 Å². The molecule has 2 aromatic carbocycles. The van der Waals surface area contributed by atoms with Crippen molar-refractivity contribution in [3.63, 3.8) is 0 Å². The average Bonchev–Trinajstić information content (AvgIpc) is 3.37. The number of halogens is 5. The maximum absolute atomic E-state index is 13.5. The summed E-state index contributed by atoms with van der Waals surface area (Å²) in [6.45, 7) is 1.93. The summed E-state index contributed by atoms with van der Waals surface area (Å²) < 4.78 is 59.2. The maximum Gasteiger partial charge on any atom is 0.434 e. The van der Waals surface area contributed by atoms with E-state index in [-0.39, 0.29) is 23.4 Å². The lowest BCUT2D eigenvalue weighted by molar-refractivity contribution is -0.141. The van der Waals surface area contributed by atoms with E-state index in [0.29, 0.717) is 22.4 Å². The Bertz CT molecular complexity index is 1470. The van der Waals surface area contributed by atoms with Crippen molar-refractivity contribution >= 4 is 35.3 Å². The van der Waals surface area contributed by atoms with E-state index in [1.807, 2.05) is 0 Å². The van der Waals surface area contributed by atoms with Gasteiger partial charge in [-0.3, -0.25) is 4.57 Å². The van der Waals surface area contributed by atoms with Gasteiger partial charge in [0.25, 0.3) is 0 Å². The number of benzene rings is 2. The van der Waals surface area contributed by atoms with Gasteiger partial charge in [-0.15, -0.1) is 0 Å². The third kappa shape index (κ3) is 6.31. The number of anilines is 2. The molecular formula is C25H18ClF4N5O2. The van der Waals surface area contributed by atoms with E-state index in [1.165, 1.54) is 24.4 Å². The molecule has 4 rings (SSSR count). The zero-order valence-corrected chi connectivity index (χ0v) is 19.9. The molecule has 1 N–H and O–H groups in total. The number of hydrogen-bond donors (Lipinski definition) is 1. The first-order valence-corrected chi connectivity index (χ1v) is 11.2.